The van der Waals surface area contributed by atoms with Crippen molar-refractivity contribution < 1.29 is 0 Å². The Balaban J connectivity index is 2.11. The minimum absolute atomic E-state index is 0.255. The molecule has 1 unspecified atom stereocenters. The molecule has 2 heterocycles. The number of nitrogens with two attached hydrogens (primary N) is 1. The van der Waals surface area contributed by atoms with Crippen molar-refractivity contribution in [3.63, 3.8) is 0 Å². The molecule has 5 nitrogen and oxygen atoms in total. The lowest BCUT2D eigenvalue weighted by Crippen LogP contribution is -2.29. The molecule has 0 spiro atoms. The highest BCUT2D eigenvalue weighted by molar-refractivity contribution is 14.1. The van der Waals surface area contributed by atoms with Crippen molar-refractivity contribution in [2.24, 2.45) is 5.73 Å². The minimum atomic E-state index is -0.659. The molecule has 7 heteroatoms. The molecule has 0 fully saturated rings. The molecule has 2 aromatic heterocycles. The smallest absolute Gasteiger partial charge is 0.314 e. The number of halogens is 1. The molecular weight excluding hydrogens is 389 g/mol. The van der Waals surface area contributed by atoms with Crippen LogP contribution in [0.5, 0.6) is 0 Å². The van der Waals surface area contributed by atoms with Crippen molar-refractivity contribution in [1.82, 2.24) is 9.97 Å². The Bertz CT molecular complexity index is 896. The Morgan fingerprint density at radius 1 is 1.05 bits per heavy atom. The first kappa shape index (κ1) is 13.5. The van der Waals surface area contributed by atoms with Crippen molar-refractivity contribution in [2.45, 2.75) is 6.04 Å². The lowest BCUT2D eigenvalue weighted by Gasteiger charge is -2.11. The molecule has 3 aromatic rings. The maximum absolute atomic E-state index is 11.4. The Labute approximate surface area is 131 Å². The van der Waals surface area contributed by atoms with Crippen LogP contribution in [0.1, 0.15) is 17.2 Å². The van der Waals surface area contributed by atoms with Crippen LogP contribution >= 0.6 is 33.9 Å². The number of aromatic amines is 2. The first-order valence-corrected chi connectivity index (χ1v) is 7.76. The number of H-pyrrole nitrogens is 2. The molecule has 1 aromatic carbocycles. The van der Waals surface area contributed by atoms with E-state index in [9.17, 15) is 9.59 Å². The Morgan fingerprint density at radius 3 is 2.40 bits per heavy atom. The standard InChI is InChI=1S/C13H10IN3O2S/c14-10-4-7(5-20-10)11(15)6-1-2-8-9(3-6)17-13(19)12(18)16-8/h1-5,11H,15H2,(H,16,18)(H,17,19). The molecular formula is C13H10IN3O2S. The van der Waals surface area contributed by atoms with Gasteiger partial charge in [-0.05, 0) is 57.3 Å². The molecule has 0 aliphatic carbocycles. The quantitative estimate of drug-likeness (QED) is 0.454. The maximum Gasteiger partial charge on any atom is 0.314 e. The number of benzene rings is 1. The van der Waals surface area contributed by atoms with E-state index in [1.165, 1.54) is 2.88 Å². The van der Waals surface area contributed by atoms with E-state index in [1.807, 2.05) is 17.5 Å². The third kappa shape index (κ3) is 2.43. The van der Waals surface area contributed by atoms with Crippen molar-refractivity contribution in [3.8, 4) is 0 Å². The molecule has 4 N–H and O–H groups in total. The molecule has 0 saturated carbocycles. The van der Waals surface area contributed by atoms with Crippen LogP contribution in [-0.2, 0) is 0 Å². The van der Waals surface area contributed by atoms with Crippen LogP contribution in [0.2, 0.25) is 0 Å². The zero-order chi connectivity index (χ0) is 14.3. The van der Waals surface area contributed by atoms with Crippen LogP contribution < -0.4 is 16.9 Å². The molecule has 0 aliphatic heterocycles. The summed E-state index contributed by atoms with van der Waals surface area (Å²) in [6.07, 6.45) is 0. The summed E-state index contributed by atoms with van der Waals surface area (Å²) in [7, 11) is 0. The number of nitrogens with one attached hydrogen (secondary N) is 2. The largest absolute Gasteiger partial charge is 0.320 e. The van der Waals surface area contributed by atoms with Gasteiger partial charge in [-0.1, -0.05) is 6.07 Å². The summed E-state index contributed by atoms with van der Waals surface area (Å²) in [6.45, 7) is 0. The van der Waals surface area contributed by atoms with Gasteiger partial charge in [0.1, 0.15) is 0 Å². The van der Waals surface area contributed by atoms with E-state index >= 15 is 0 Å². The number of hydrogen-bond donors (Lipinski definition) is 3. The average Bonchev–Trinajstić information content (AvgIpc) is 2.85. The van der Waals surface area contributed by atoms with Crippen LogP contribution in [0.15, 0.2) is 39.2 Å². The third-order valence-corrected chi connectivity index (χ3v) is 4.86. The fourth-order valence-electron chi connectivity index (χ4n) is 2.00. The highest BCUT2D eigenvalue weighted by Crippen LogP contribution is 2.26. The molecule has 0 bridgehead atoms. The molecule has 1 atom stereocenters. The van der Waals surface area contributed by atoms with E-state index in [-0.39, 0.29) is 6.04 Å². The van der Waals surface area contributed by atoms with E-state index in [0.29, 0.717) is 11.0 Å². The van der Waals surface area contributed by atoms with E-state index in [0.717, 1.165) is 11.1 Å². The predicted octanol–water partition coefficient (Wildman–Crippen LogP) is 1.93. The predicted molar refractivity (Wildman–Crippen MR) is 88.3 cm³/mol. The number of hydrogen-bond acceptors (Lipinski definition) is 4. The van der Waals surface area contributed by atoms with Gasteiger partial charge in [-0.15, -0.1) is 11.3 Å². The summed E-state index contributed by atoms with van der Waals surface area (Å²) >= 11 is 3.89. The van der Waals surface area contributed by atoms with Crippen LogP contribution in [0.3, 0.4) is 0 Å². The van der Waals surface area contributed by atoms with Crippen LogP contribution in [-0.4, -0.2) is 9.97 Å². The Hall–Kier alpha value is -1.45. The molecule has 0 radical (unpaired) electrons. The SMILES string of the molecule is NC(c1csc(I)c1)c1ccc2[nH]c(=O)c(=O)[nH]c2c1. The number of aromatic nitrogens is 2. The summed E-state index contributed by atoms with van der Waals surface area (Å²) in [4.78, 5) is 27.7. The van der Waals surface area contributed by atoms with Crippen molar-refractivity contribution in [3.05, 3.63) is 64.4 Å². The van der Waals surface area contributed by atoms with Gasteiger partial charge in [0.15, 0.2) is 0 Å². The topological polar surface area (TPSA) is 91.7 Å². The number of thiophene rings is 1. The summed E-state index contributed by atoms with van der Waals surface area (Å²) in [5.74, 6) is 0. The van der Waals surface area contributed by atoms with Gasteiger partial charge in [-0.25, -0.2) is 0 Å². The minimum Gasteiger partial charge on any atom is -0.320 e. The van der Waals surface area contributed by atoms with E-state index in [1.54, 1.807) is 23.5 Å². The number of rotatable bonds is 2. The van der Waals surface area contributed by atoms with Gasteiger partial charge in [0.05, 0.1) is 20.0 Å². The normalized spacial score (nSPS) is 12.7. The van der Waals surface area contributed by atoms with Gasteiger partial charge in [-0.3, -0.25) is 9.59 Å². The lowest BCUT2D eigenvalue weighted by atomic mass is 10.0. The Morgan fingerprint density at radius 2 is 1.75 bits per heavy atom. The maximum atomic E-state index is 11.4. The average molecular weight is 399 g/mol. The molecule has 0 aliphatic rings. The molecule has 3 rings (SSSR count). The summed E-state index contributed by atoms with van der Waals surface area (Å²) in [6, 6.07) is 7.18. The van der Waals surface area contributed by atoms with Gasteiger partial charge >= 0.3 is 11.1 Å². The van der Waals surface area contributed by atoms with Crippen LogP contribution in [0, 0.1) is 2.88 Å². The summed E-state index contributed by atoms with van der Waals surface area (Å²) < 4.78 is 1.17. The van der Waals surface area contributed by atoms with Crippen molar-refractivity contribution in [2.75, 3.05) is 0 Å². The van der Waals surface area contributed by atoms with E-state index in [2.05, 4.69) is 32.6 Å². The molecule has 0 saturated heterocycles. The fraction of sp³-hybridized carbons (Fsp3) is 0.0769. The van der Waals surface area contributed by atoms with Gasteiger partial charge in [0.2, 0.25) is 0 Å². The summed E-state index contributed by atoms with van der Waals surface area (Å²) in [5, 5.41) is 2.02. The monoisotopic (exact) mass is 399 g/mol. The first-order valence-electron chi connectivity index (χ1n) is 5.80. The second kappa shape index (κ2) is 5.15. The molecule has 102 valence electrons. The van der Waals surface area contributed by atoms with E-state index < -0.39 is 11.1 Å². The Kier molecular flexibility index (Phi) is 3.48. The molecule has 20 heavy (non-hydrogen) atoms. The van der Waals surface area contributed by atoms with Crippen LogP contribution in [0.25, 0.3) is 11.0 Å². The third-order valence-electron chi connectivity index (χ3n) is 3.05. The molecule has 0 amide bonds. The second-order valence-corrected chi connectivity index (χ2v) is 7.18. The van der Waals surface area contributed by atoms with Gasteiger partial charge in [-0.2, -0.15) is 0 Å². The van der Waals surface area contributed by atoms with E-state index in [4.69, 9.17) is 5.73 Å². The van der Waals surface area contributed by atoms with Gasteiger partial charge in [0, 0.05) is 0 Å². The van der Waals surface area contributed by atoms with Gasteiger partial charge < -0.3 is 15.7 Å². The second-order valence-electron chi connectivity index (χ2n) is 4.38. The van der Waals surface area contributed by atoms with Crippen molar-refractivity contribution >= 4 is 45.0 Å². The highest BCUT2D eigenvalue weighted by Gasteiger charge is 2.12. The van der Waals surface area contributed by atoms with Crippen molar-refractivity contribution in [1.29, 1.82) is 0 Å². The highest BCUT2D eigenvalue weighted by atomic mass is 127. The van der Waals surface area contributed by atoms with Gasteiger partial charge in [0.25, 0.3) is 0 Å². The lowest BCUT2D eigenvalue weighted by molar-refractivity contribution is 0.877. The first-order chi connectivity index (χ1) is 9.54. The zero-order valence-electron chi connectivity index (χ0n) is 10.1. The zero-order valence-corrected chi connectivity index (χ0v) is 13.1. The fourth-order valence-corrected chi connectivity index (χ4v) is 3.41. The van der Waals surface area contributed by atoms with Crippen LogP contribution in [0.4, 0.5) is 0 Å². The summed E-state index contributed by atoms with van der Waals surface area (Å²) in [5.41, 5.74) is 8.00. The number of fused-ring (bicyclic) bond motifs is 1.